The van der Waals surface area contributed by atoms with E-state index < -0.39 is 0 Å². The first-order valence-corrected chi connectivity index (χ1v) is 4.92. The van der Waals surface area contributed by atoms with Crippen LogP contribution >= 0.6 is 0 Å². The van der Waals surface area contributed by atoms with Crippen LogP contribution in [0.1, 0.15) is 25.8 Å². The highest BCUT2D eigenvalue weighted by molar-refractivity contribution is 5.38. The predicted molar refractivity (Wildman–Crippen MR) is 60.9 cm³/mol. The lowest BCUT2D eigenvalue weighted by molar-refractivity contribution is -0.384. The number of benzene rings is 1. The summed E-state index contributed by atoms with van der Waals surface area (Å²) in [7, 11) is 0. The van der Waals surface area contributed by atoms with Crippen LogP contribution in [0.15, 0.2) is 36.9 Å². The molecule has 0 saturated heterocycles. The Morgan fingerprint density at radius 2 is 2.00 bits per heavy atom. The molecule has 3 heteroatoms. The van der Waals surface area contributed by atoms with Crippen molar-refractivity contribution in [2.45, 2.75) is 25.7 Å². The minimum Gasteiger partial charge on any atom is -0.258 e. The van der Waals surface area contributed by atoms with Crippen LogP contribution in [0.3, 0.4) is 0 Å². The fourth-order valence-electron chi connectivity index (χ4n) is 1.43. The zero-order chi connectivity index (χ0) is 11.5. The van der Waals surface area contributed by atoms with Gasteiger partial charge in [-0.3, -0.25) is 10.1 Å². The molecule has 0 saturated carbocycles. The second-order valence-electron chi connectivity index (χ2n) is 3.78. The van der Waals surface area contributed by atoms with Gasteiger partial charge in [-0.25, -0.2) is 0 Å². The van der Waals surface area contributed by atoms with E-state index in [4.69, 9.17) is 0 Å². The minimum atomic E-state index is -0.388. The molecule has 0 unspecified atom stereocenters. The van der Waals surface area contributed by atoms with Gasteiger partial charge in [-0.15, -0.1) is 6.58 Å². The van der Waals surface area contributed by atoms with Crippen LogP contribution in [0.4, 0.5) is 5.69 Å². The van der Waals surface area contributed by atoms with Crippen molar-refractivity contribution in [3.63, 3.8) is 0 Å². The molecular weight excluding hydrogens is 190 g/mol. The fraction of sp³-hybridized carbons (Fsp3) is 0.333. The molecule has 0 fully saturated rings. The van der Waals surface area contributed by atoms with Gasteiger partial charge in [0.1, 0.15) is 0 Å². The number of nitrogens with zero attached hydrogens (tertiary/aromatic N) is 1. The zero-order valence-electron chi connectivity index (χ0n) is 9.06. The molecule has 0 spiro atoms. The number of rotatable bonds is 4. The number of nitro groups is 1. The summed E-state index contributed by atoms with van der Waals surface area (Å²) in [5.74, 6) is 0. The molecule has 0 heterocycles. The average Bonchev–Trinajstić information content (AvgIpc) is 2.28. The molecule has 0 aliphatic rings. The topological polar surface area (TPSA) is 43.1 Å². The maximum Gasteiger partial charge on any atom is 0.269 e. The molecule has 0 radical (unpaired) electrons. The van der Waals surface area contributed by atoms with E-state index in [1.54, 1.807) is 12.1 Å². The van der Waals surface area contributed by atoms with E-state index in [1.165, 1.54) is 12.1 Å². The molecule has 1 rings (SSSR count). The van der Waals surface area contributed by atoms with Gasteiger partial charge in [0.05, 0.1) is 4.92 Å². The van der Waals surface area contributed by atoms with Crippen molar-refractivity contribution in [3.8, 4) is 0 Å². The largest absolute Gasteiger partial charge is 0.269 e. The minimum absolute atomic E-state index is 0.102. The molecule has 15 heavy (non-hydrogen) atoms. The number of non-ortho nitro benzene ring substituents is 1. The summed E-state index contributed by atoms with van der Waals surface area (Å²) in [5.41, 5.74) is 1.08. The Hall–Kier alpha value is -1.64. The lowest BCUT2D eigenvalue weighted by Crippen LogP contribution is -2.16. The zero-order valence-corrected chi connectivity index (χ0v) is 9.06. The van der Waals surface area contributed by atoms with E-state index in [1.807, 2.05) is 6.08 Å². The maximum absolute atomic E-state index is 10.5. The van der Waals surface area contributed by atoms with Crippen molar-refractivity contribution in [2.75, 3.05) is 0 Å². The molecule has 0 amide bonds. The number of hydrogen-bond donors (Lipinski definition) is 0. The maximum atomic E-state index is 10.5. The number of allylic oxidation sites excluding steroid dienone is 1. The Bertz CT molecular complexity index is 370. The van der Waals surface area contributed by atoms with Crippen molar-refractivity contribution in [1.82, 2.24) is 0 Å². The van der Waals surface area contributed by atoms with Crippen LogP contribution in [0.2, 0.25) is 0 Å². The molecule has 1 aromatic rings. The summed E-state index contributed by atoms with van der Waals surface area (Å²) < 4.78 is 0. The first-order valence-electron chi connectivity index (χ1n) is 4.92. The van der Waals surface area contributed by atoms with Crippen molar-refractivity contribution in [1.29, 1.82) is 0 Å². The Morgan fingerprint density at radius 1 is 1.47 bits per heavy atom. The van der Waals surface area contributed by atoms with Crippen LogP contribution in [-0.4, -0.2) is 4.92 Å². The third-order valence-corrected chi connectivity index (χ3v) is 2.92. The van der Waals surface area contributed by atoms with Crippen LogP contribution in [0.25, 0.3) is 0 Å². The van der Waals surface area contributed by atoms with E-state index >= 15 is 0 Å². The number of hydrogen-bond acceptors (Lipinski definition) is 2. The van der Waals surface area contributed by atoms with Gasteiger partial charge < -0.3 is 0 Å². The van der Waals surface area contributed by atoms with Gasteiger partial charge in [-0.05, 0) is 12.0 Å². The molecule has 0 aromatic heterocycles. The van der Waals surface area contributed by atoms with Gasteiger partial charge in [0.2, 0.25) is 0 Å². The molecule has 3 nitrogen and oxygen atoms in total. The molecule has 80 valence electrons. The van der Waals surface area contributed by atoms with Gasteiger partial charge >= 0.3 is 0 Å². The van der Waals surface area contributed by atoms with Gasteiger partial charge in [0.15, 0.2) is 0 Å². The molecular formula is C12H15NO2. The summed E-state index contributed by atoms with van der Waals surface area (Å²) in [6.45, 7) is 7.95. The Balaban J connectivity index is 3.07. The predicted octanol–water partition coefficient (Wildman–Crippen LogP) is 3.45. The van der Waals surface area contributed by atoms with E-state index in [0.717, 1.165) is 12.0 Å². The first-order chi connectivity index (χ1) is 7.03. The summed E-state index contributed by atoms with van der Waals surface area (Å²) in [4.78, 5) is 10.1. The second-order valence-corrected chi connectivity index (χ2v) is 3.78. The Kier molecular flexibility index (Phi) is 3.24. The van der Waals surface area contributed by atoms with E-state index in [0.29, 0.717) is 0 Å². The number of nitro benzene ring substituents is 1. The van der Waals surface area contributed by atoms with E-state index in [2.05, 4.69) is 20.4 Å². The lowest BCUT2D eigenvalue weighted by Gasteiger charge is -2.24. The van der Waals surface area contributed by atoms with Gasteiger partial charge in [-0.1, -0.05) is 32.1 Å². The van der Waals surface area contributed by atoms with Crippen molar-refractivity contribution in [2.24, 2.45) is 0 Å². The molecule has 1 atom stereocenters. The second kappa shape index (κ2) is 4.26. The Labute approximate surface area is 89.6 Å². The van der Waals surface area contributed by atoms with Crippen molar-refractivity contribution >= 4 is 5.69 Å². The molecule has 0 aliphatic heterocycles. The molecule has 1 aromatic carbocycles. The average molecular weight is 205 g/mol. The van der Waals surface area contributed by atoms with Gasteiger partial charge in [-0.2, -0.15) is 0 Å². The smallest absolute Gasteiger partial charge is 0.258 e. The summed E-state index contributed by atoms with van der Waals surface area (Å²) >= 11 is 0. The highest BCUT2D eigenvalue weighted by Crippen LogP contribution is 2.29. The first kappa shape index (κ1) is 11.4. The van der Waals surface area contributed by atoms with Crippen LogP contribution < -0.4 is 0 Å². The van der Waals surface area contributed by atoms with E-state index in [-0.39, 0.29) is 16.0 Å². The fourth-order valence-corrected chi connectivity index (χ4v) is 1.43. The molecule has 0 aliphatic carbocycles. The normalized spacial score (nSPS) is 14.3. The van der Waals surface area contributed by atoms with Crippen molar-refractivity contribution in [3.05, 3.63) is 52.6 Å². The highest BCUT2D eigenvalue weighted by atomic mass is 16.6. The monoisotopic (exact) mass is 205 g/mol. The third kappa shape index (κ3) is 2.24. The highest BCUT2D eigenvalue weighted by Gasteiger charge is 2.20. The molecule has 0 N–H and O–H groups in total. The summed E-state index contributed by atoms with van der Waals surface area (Å²) in [5, 5.41) is 10.5. The van der Waals surface area contributed by atoms with Crippen LogP contribution in [-0.2, 0) is 5.41 Å². The third-order valence-electron chi connectivity index (χ3n) is 2.92. The van der Waals surface area contributed by atoms with Crippen LogP contribution in [0, 0.1) is 10.1 Å². The van der Waals surface area contributed by atoms with Gasteiger partial charge in [0.25, 0.3) is 5.69 Å². The lowest BCUT2D eigenvalue weighted by atomic mass is 9.80. The van der Waals surface area contributed by atoms with Crippen molar-refractivity contribution < 1.29 is 4.92 Å². The Morgan fingerprint density at radius 3 is 2.33 bits per heavy atom. The SMILES string of the molecule is C=C[C@@](C)(CC)c1ccc([N+](=O)[O-])cc1. The summed E-state index contributed by atoms with van der Waals surface area (Å²) in [6.07, 6.45) is 2.81. The summed E-state index contributed by atoms with van der Waals surface area (Å²) in [6, 6.07) is 6.66. The van der Waals surface area contributed by atoms with Crippen LogP contribution in [0.5, 0.6) is 0 Å². The standard InChI is InChI=1S/C12H15NO2/c1-4-12(3,5-2)10-6-8-11(9-7-10)13(14)15/h4,6-9H,1,5H2,2-3H3/t12-/m0/s1. The van der Waals surface area contributed by atoms with E-state index in [9.17, 15) is 10.1 Å². The van der Waals surface area contributed by atoms with Gasteiger partial charge in [0, 0.05) is 17.5 Å². The molecule has 0 bridgehead atoms. The quantitative estimate of drug-likeness (QED) is 0.429.